The maximum Gasteiger partial charge on any atom is 0.275 e. The van der Waals surface area contributed by atoms with Crippen LogP contribution >= 0.6 is 22.7 Å². The van der Waals surface area contributed by atoms with Crippen molar-refractivity contribution in [3.63, 3.8) is 0 Å². The van der Waals surface area contributed by atoms with Crippen LogP contribution in [-0.2, 0) is 12.9 Å². The minimum Gasteiger partial charge on any atom is -0.267 e. The molecule has 0 bridgehead atoms. The molecule has 0 atom stereocenters. The van der Waals surface area contributed by atoms with Crippen LogP contribution in [0, 0.1) is 0 Å². The average molecular weight is 353 g/mol. The van der Waals surface area contributed by atoms with Crippen LogP contribution in [0.1, 0.15) is 10.7 Å². The number of aromatic nitrogens is 3. The van der Waals surface area contributed by atoms with Crippen LogP contribution in [0.3, 0.4) is 0 Å². The zero-order valence-electron chi connectivity index (χ0n) is 13.5. The number of thiazole rings is 1. The number of hydrogen-bond donors (Lipinski definition) is 0. The molecule has 0 saturated heterocycles. The van der Waals surface area contributed by atoms with Crippen LogP contribution in [0.25, 0.3) is 21.0 Å². The van der Waals surface area contributed by atoms with Crippen molar-refractivity contribution in [2.24, 2.45) is 0 Å². The van der Waals surface area contributed by atoms with E-state index < -0.39 is 0 Å². The highest BCUT2D eigenvalue weighted by Crippen LogP contribution is 2.23. The number of hydrogen-bond acceptors (Lipinski definition) is 5. The highest BCUT2D eigenvalue weighted by atomic mass is 32.1. The summed E-state index contributed by atoms with van der Waals surface area (Å²) in [6.45, 7) is 5.26. The Morgan fingerprint density at radius 2 is 1.96 bits per heavy atom. The first-order chi connectivity index (χ1) is 11.6. The van der Waals surface area contributed by atoms with Crippen molar-refractivity contribution in [1.82, 2.24) is 14.8 Å². The molecule has 0 aliphatic carbocycles. The van der Waals surface area contributed by atoms with E-state index in [9.17, 15) is 4.79 Å². The average Bonchev–Trinajstić information content (AvgIpc) is 3.17. The summed E-state index contributed by atoms with van der Waals surface area (Å²) in [5.41, 5.74) is 1.95. The molecule has 0 aliphatic heterocycles. The van der Waals surface area contributed by atoms with Crippen molar-refractivity contribution in [2.75, 3.05) is 0 Å². The second kappa shape index (κ2) is 6.14. The predicted octanol–water partition coefficient (Wildman–Crippen LogP) is 3.95. The lowest BCUT2D eigenvalue weighted by Crippen LogP contribution is -2.25. The molecule has 1 aromatic carbocycles. The molecule has 0 aliphatic rings. The first-order valence-electron chi connectivity index (χ1n) is 7.92. The van der Waals surface area contributed by atoms with E-state index in [1.807, 2.05) is 29.0 Å². The molecule has 0 amide bonds. The lowest BCUT2D eigenvalue weighted by molar-refractivity contribution is 0.634. The molecular formula is C17H16BN3OS2. The second-order valence-corrected chi connectivity index (χ2v) is 8.14. The Hall–Kier alpha value is -1.99. The summed E-state index contributed by atoms with van der Waals surface area (Å²) in [4.78, 5) is 17.4. The van der Waals surface area contributed by atoms with E-state index in [2.05, 4.69) is 29.8 Å². The number of rotatable bonds is 4. The normalized spacial score (nSPS) is 11.4. The lowest BCUT2D eigenvalue weighted by Gasteiger charge is -2.08. The van der Waals surface area contributed by atoms with Gasteiger partial charge >= 0.3 is 0 Å². The molecule has 3 aromatic heterocycles. The standard InChI is InChI=1S/C17H16BN3OS2/c1-18(2)7-14-11-9-23-10-12(11)17(22)21(20-14)8-16-19-13-5-3-4-6-15(13)24-16/h3-6,9-10H,7-8H2,1-2H3. The highest BCUT2D eigenvalue weighted by Gasteiger charge is 2.15. The fraction of sp³-hybridized carbons (Fsp3) is 0.235. The largest absolute Gasteiger partial charge is 0.275 e. The molecular weight excluding hydrogens is 337 g/mol. The van der Waals surface area contributed by atoms with Crippen LogP contribution in [0.4, 0.5) is 0 Å². The Labute approximate surface area is 147 Å². The molecule has 4 aromatic rings. The van der Waals surface area contributed by atoms with Gasteiger partial charge in [0.15, 0.2) is 0 Å². The molecule has 7 heteroatoms. The van der Waals surface area contributed by atoms with E-state index in [0.717, 1.165) is 38.0 Å². The summed E-state index contributed by atoms with van der Waals surface area (Å²) < 4.78 is 2.71. The Morgan fingerprint density at radius 1 is 1.17 bits per heavy atom. The molecule has 120 valence electrons. The molecule has 0 radical (unpaired) electrons. The van der Waals surface area contributed by atoms with Crippen LogP contribution in [0.2, 0.25) is 13.6 Å². The van der Waals surface area contributed by atoms with Crippen molar-refractivity contribution in [3.05, 3.63) is 56.1 Å². The monoisotopic (exact) mass is 353 g/mol. The van der Waals surface area contributed by atoms with Crippen LogP contribution in [0.5, 0.6) is 0 Å². The van der Waals surface area contributed by atoms with Crippen LogP contribution < -0.4 is 5.56 Å². The van der Waals surface area contributed by atoms with Gasteiger partial charge in [-0.25, -0.2) is 9.67 Å². The van der Waals surface area contributed by atoms with E-state index in [0.29, 0.717) is 13.3 Å². The van der Waals surface area contributed by atoms with Gasteiger partial charge in [-0.1, -0.05) is 25.8 Å². The minimum absolute atomic E-state index is 0.0296. The van der Waals surface area contributed by atoms with Gasteiger partial charge in [-0.15, -0.1) is 11.3 Å². The van der Waals surface area contributed by atoms with Crippen molar-refractivity contribution in [2.45, 2.75) is 26.5 Å². The smallest absolute Gasteiger partial charge is 0.267 e. The summed E-state index contributed by atoms with van der Waals surface area (Å²) in [7, 11) is 0. The van der Waals surface area contributed by atoms with Crippen molar-refractivity contribution < 1.29 is 0 Å². The van der Waals surface area contributed by atoms with Gasteiger partial charge < -0.3 is 0 Å². The Kier molecular flexibility index (Phi) is 3.98. The van der Waals surface area contributed by atoms with Gasteiger partial charge in [0.1, 0.15) is 11.7 Å². The van der Waals surface area contributed by atoms with E-state index in [4.69, 9.17) is 0 Å². The molecule has 0 unspecified atom stereocenters. The first kappa shape index (κ1) is 15.5. The molecule has 24 heavy (non-hydrogen) atoms. The molecule has 0 saturated carbocycles. The summed E-state index contributed by atoms with van der Waals surface area (Å²) in [6, 6.07) is 8.04. The zero-order valence-corrected chi connectivity index (χ0v) is 15.2. The number of benzene rings is 1. The van der Waals surface area contributed by atoms with Crippen molar-refractivity contribution >= 4 is 50.4 Å². The third-order valence-corrected chi connectivity index (χ3v) is 5.67. The van der Waals surface area contributed by atoms with Gasteiger partial charge in [-0.05, 0) is 18.5 Å². The molecule has 0 N–H and O–H groups in total. The van der Waals surface area contributed by atoms with E-state index in [1.54, 1.807) is 27.4 Å². The molecule has 4 nitrogen and oxygen atoms in total. The topological polar surface area (TPSA) is 47.8 Å². The quantitative estimate of drug-likeness (QED) is 0.522. The predicted molar refractivity (Wildman–Crippen MR) is 104 cm³/mol. The van der Waals surface area contributed by atoms with E-state index in [1.165, 1.54) is 0 Å². The molecule has 0 fully saturated rings. The zero-order chi connectivity index (χ0) is 16.7. The van der Waals surface area contributed by atoms with Crippen molar-refractivity contribution in [3.8, 4) is 0 Å². The van der Waals surface area contributed by atoms with Gasteiger partial charge in [-0.2, -0.15) is 16.4 Å². The first-order valence-corrected chi connectivity index (χ1v) is 9.68. The number of nitrogens with zero attached hydrogens (tertiary/aromatic N) is 3. The van der Waals surface area contributed by atoms with Gasteiger partial charge in [0.05, 0.1) is 27.8 Å². The SMILES string of the molecule is CB(C)Cc1nn(Cc2nc3ccccc3s2)c(=O)c2cscc12. The fourth-order valence-electron chi connectivity index (χ4n) is 2.83. The van der Waals surface area contributed by atoms with Gasteiger partial charge in [0, 0.05) is 16.1 Å². The van der Waals surface area contributed by atoms with E-state index >= 15 is 0 Å². The van der Waals surface area contributed by atoms with Gasteiger partial charge in [0.2, 0.25) is 0 Å². The number of para-hydroxylation sites is 1. The summed E-state index contributed by atoms with van der Waals surface area (Å²) >= 11 is 3.18. The summed E-state index contributed by atoms with van der Waals surface area (Å²) in [6.07, 6.45) is 0.868. The van der Waals surface area contributed by atoms with Crippen molar-refractivity contribution in [1.29, 1.82) is 0 Å². The maximum absolute atomic E-state index is 12.7. The van der Waals surface area contributed by atoms with Gasteiger partial charge in [-0.3, -0.25) is 4.79 Å². The summed E-state index contributed by atoms with van der Waals surface area (Å²) in [5, 5.41) is 11.3. The molecule has 4 rings (SSSR count). The fourth-order valence-corrected chi connectivity index (χ4v) is 4.61. The van der Waals surface area contributed by atoms with Crippen LogP contribution in [-0.4, -0.2) is 21.5 Å². The minimum atomic E-state index is -0.0296. The third kappa shape index (κ3) is 2.78. The van der Waals surface area contributed by atoms with E-state index in [-0.39, 0.29) is 5.56 Å². The molecule has 0 spiro atoms. The highest BCUT2D eigenvalue weighted by molar-refractivity contribution is 7.18. The molecule has 3 heterocycles. The maximum atomic E-state index is 12.7. The summed E-state index contributed by atoms with van der Waals surface area (Å²) in [5.74, 6) is 0. The number of fused-ring (bicyclic) bond motifs is 2. The Morgan fingerprint density at radius 3 is 2.75 bits per heavy atom. The third-order valence-electron chi connectivity index (χ3n) is 3.90. The number of thiophene rings is 1. The Bertz CT molecular complexity index is 1050. The Balaban J connectivity index is 1.80. The van der Waals surface area contributed by atoms with Gasteiger partial charge in [0.25, 0.3) is 5.56 Å². The second-order valence-electron chi connectivity index (χ2n) is 6.28. The van der Waals surface area contributed by atoms with Crippen LogP contribution in [0.15, 0.2) is 39.8 Å². The lowest BCUT2D eigenvalue weighted by atomic mass is 9.51.